The highest BCUT2D eigenvalue weighted by Gasteiger charge is 2.18. The topological polar surface area (TPSA) is 32.3 Å². The van der Waals surface area contributed by atoms with Crippen LogP contribution in [0.15, 0.2) is 24.3 Å². The van der Waals surface area contributed by atoms with Crippen LogP contribution in [0.25, 0.3) is 0 Å². The van der Waals surface area contributed by atoms with Gasteiger partial charge in [0.2, 0.25) is 0 Å². The van der Waals surface area contributed by atoms with E-state index in [2.05, 4.69) is 5.32 Å². The number of hydrogen-bond donors (Lipinski definition) is 1. The average Bonchev–Trinajstić information content (AvgIpc) is 2.28. The summed E-state index contributed by atoms with van der Waals surface area (Å²) in [6.07, 6.45) is -2.52. The molecule has 0 aromatic heterocycles. The van der Waals surface area contributed by atoms with Gasteiger partial charge in [-0.3, -0.25) is 4.79 Å². The lowest BCUT2D eigenvalue weighted by molar-refractivity contribution is 0.0621. The largest absolute Gasteiger partial charge is 0.385 e. The molecule has 0 heterocycles. The van der Waals surface area contributed by atoms with Crippen molar-refractivity contribution in [3.8, 4) is 0 Å². The van der Waals surface area contributed by atoms with Crippen LogP contribution < -0.4 is 5.32 Å². The van der Waals surface area contributed by atoms with Crippen LogP contribution in [0.1, 0.15) is 17.3 Å². The number of carbonyl (C=O) groups excluding carboxylic acids is 1. The molecule has 0 saturated carbocycles. The van der Waals surface area contributed by atoms with E-state index in [1.807, 2.05) is 6.92 Å². The van der Waals surface area contributed by atoms with Crippen LogP contribution in [-0.2, 0) is 0 Å². The third kappa shape index (κ3) is 3.69. The number of nitrogens with one attached hydrogen (secondary N) is 1. The van der Waals surface area contributed by atoms with Gasteiger partial charge in [-0.2, -0.15) is 0 Å². The Kier molecular flexibility index (Phi) is 4.87. The number of carbonyl (C=O) groups is 1. The van der Waals surface area contributed by atoms with Crippen LogP contribution in [-0.4, -0.2) is 37.4 Å². The van der Waals surface area contributed by atoms with Crippen LogP contribution in [0.2, 0.25) is 0 Å². The second-order valence-electron chi connectivity index (χ2n) is 3.65. The van der Waals surface area contributed by atoms with E-state index in [1.165, 1.54) is 7.05 Å². The van der Waals surface area contributed by atoms with Gasteiger partial charge in [0.05, 0.1) is 12.1 Å². The predicted molar refractivity (Wildman–Crippen MR) is 63.6 cm³/mol. The molecule has 0 radical (unpaired) electrons. The number of benzene rings is 1. The van der Waals surface area contributed by atoms with Crippen LogP contribution in [0.5, 0.6) is 0 Å². The summed E-state index contributed by atoms with van der Waals surface area (Å²) in [5.74, 6) is -0.401. The summed E-state index contributed by atoms with van der Waals surface area (Å²) < 4.78 is 24.4. The summed E-state index contributed by atoms with van der Waals surface area (Å²) >= 11 is 0. The van der Waals surface area contributed by atoms with Crippen molar-refractivity contribution in [2.24, 2.45) is 0 Å². The Morgan fingerprint density at radius 3 is 2.65 bits per heavy atom. The third-order valence-corrected chi connectivity index (χ3v) is 2.28. The average molecular weight is 242 g/mol. The molecule has 5 heteroatoms. The van der Waals surface area contributed by atoms with E-state index >= 15 is 0 Å². The van der Waals surface area contributed by atoms with Crippen molar-refractivity contribution in [3.05, 3.63) is 29.8 Å². The smallest absolute Gasteiger partial charge is 0.255 e. The van der Waals surface area contributed by atoms with Gasteiger partial charge in [-0.25, -0.2) is 8.78 Å². The molecule has 1 amide bonds. The van der Waals surface area contributed by atoms with Gasteiger partial charge in [0.25, 0.3) is 12.3 Å². The lowest BCUT2D eigenvalue weighted by Gasteiger charge is -2.18. The first-order valence-corrected chi connectivity index (χ1v) is 5.42. The molecule has 17 heavy (non-hydrogen) atoms. The molecule has 94 valence electrons. The molecular weight excluding hydrogens is 226 g/mol. The Labute approximate surface area is 99.4 Å². The molecule has 1 aromatic carbocycles. The fourth-order valence-corrected chi connectivity index (χ4v) is 1.51. The maximum atomic E-state index is 12.2. The van der Waals surface area contributed by atoms with E-state index in [0.29, 0.717) is 17.8 Å². The number of amides is 1. The van der Waals surface area contributed by atoms with E-state index in [1.54, 1.807) is 24.3 Å². The number of anilines is 1. The van der Waals surface area contributed by atoms with Crippen LogP contribution in [0, 0.1) is 0 Å². The molecule has 0 atom stereocenters. The Balaban J connectivity index is 2.87. The van der Waals surface area contributed by atoms with Gasteiger partial charge in [-0.15, -0.1) is 0 Å². The first-order valence-electron chi connectivity index (χ1n) is 5.42. The van der Waals surface area contributed by atoms with Gasteiger partial charge >= 0.3 is 0 Å². The second kappa shape index (κ2) is 6.18. The number of nitrogens with zero attached hydrogens (tertiary/aromatic N) is 1. The summed E-state index contributed by atoms with van der Waals surface area (Å²) in [5.41, 5.74) is 1.08. The fourth-order valence-electron chi connectivity index (χ4n) is 1.51. The summed E-state index contributed by atoms with van der Waals surface area (Å²) in [7, 11) is 1.37. The molecule has 1 N–H and O–H groups in total. The minimum absolute atomic E-state index is 0.401. The Hall–Kier alpha value is -1.65. The Bertz CT molecular complexity index is 383. The van der Waals surface area contributed by atoms with Crippen molar-refractivity contribution >= 4 is 11.6 Å². The minimum atomic E-state index is -2.52. The van der Waals surface area contributed by atoms with E-state index in [-0.39, 0.29) is 0 Å². The van der Waals surface area contributed by atoms with Gasteiger partial charge in [-0.1, -0.05) is 12.1 Å². The highest BCUT2D eigenvalue weighted by Crippen LogP contribution is 2.16. The van der Waals surface area contributed by atoms with Crippen LogP contribution >= 0.6 is 0 Å². The van der Waals surface area contributed by atoms with Gasteiger partial charge in [-0.05, 0) is 19.1 Å². The summed E-state index contributed by atoms with van der Waals surface area (Å²) in [4.78, 5) is 13.0. The molecule has 0 unspecified atom stereocenters. The van der Waals surface area contributed by atoms with E-state index in [4.69, 9.17) is 0 Å². The molecule has 1 rings (SSSR count). The SMILES string of the molecule is CCNc1ccccc1C(=O)N(C)CC(F)F. The number of para-hydroxylation sites is 1. The summed E-state index contributed by atoms with van der Waals surface area (Å²) in [6, 6.07) is 6.89. The Morgan fingerprint density at radius 1 is 1.41 bits per heavy atom. The lowest BCUT2D eigenvalue weighted by Crippen LogP contribution is -2.31. The van der Waals surface area contributed by atoms with E-state index < -0.39 is 18.9 Å². The fraction of sp³-hybridized carbons (Fsp3) is 0.417. The normalized spacial score (nSPS) is 10.4. The van der Waals surface area contributed by atoms with Gasteiger partial charge in [0.15, 0.2) is 0 Å². The molecular formula is C12H16F2N2O. The van der Waals surface area contributed by atoms with E-state index in [0.717, 1.165) is 4.90 Å². The molecule has 0 aliphatic heterocycles. The number of halogens is 2. The van der Waals surface area contributed by atoms with Crippen molar-refractivity contribution in [1.82, 2.24) is 4.90 Å². The third-order valence-electron chi connectivity index (χ3n) is 2.28. The zero-order chi connectivity index (χ0) is 12.8. The van der Waals surface area contributed by atoms with Crippen molar-refractivity contribution in [2.75, 3.05) is 25.5 Å². The molecule has 0 spiro atoms. The van der Waals surface area contributed by atoms with Crippen LogP contribution in [0.4, 0.5) is 14.5 Å². The molecule has 3 nitrogen and oxygen atoms in total. The standard InChI is InChI=1S/C12H16F2N2O/c1-3-15-10-7-5-4-6-9(10)12(17)16(2)8-11(13)14/h4-7,11,15H,3,8H2,1-2H3. The molecule has 0 fully saturated rings. The first kappa shape index (κ1) is 13.4. The zero-order valence-corrected chi connectivity index (χ0v) is 9.91. The zero-order valence-electron chi connectivity index (χ0n) is 9.91. The predicted octanol–water partition coefficient (Wildman–Crippen LogP) is 2.46. The van der Waals surface area contributed by atoms with Gasteiger partial charge in [0.1, 0.15) is 0 Å². The van der Waals surface area contributed by atoms with E-state index in [9.17, 15) is 13.6 Å². The number of rotatable bonds is 5. The van der Waals surface area contributed by atoms with Crippen molar-refractivity contribution in [3.63, 3.8) is 0 Å². The molecule has 0 bridgehead atoms. The minimum Gasteiger partial charge on any atom is -0.385 e. The highest BCUT2D eigenvalue weighted by molar-refractivity contribution is 5.99. The van der Waals surface area contributed by atoms with Crippen molar-refractivity contribution in [2.45, 2.75) is 13.3 Å². The molecule has 0 saturated heterocycles. The van der Waals surface area contributed by atoms with Crippen LogP contribution in [0.3, 0.4) is 0 Å². The van der Waals surface area contributed by atoms with Gasteiger partial charge < -0.3 is 10.2 Å². The van der Waals surface area contributed by atoms with Crippen molar-refractivity contribution in [1.29, 1.82) is 0 Å². The maximum absolute atomic E-state index is 12.2. The quantitative estimate of drug-likeness (QED) is 0.860. The first-order chi connectivity index (χ1) is 8.06. The Morgan fingerprint density at radius 2 is 2.06 bits per heavy atom. The lowest BCUT2D eigenvalue weighted by atomic mass is 10.1. The summed E-state index contributed by atoms with van der Waals surface area (Å²) in [5, 5.41) is 3.03. The number of hydrogen-bond acceptors (Lipinski definition) is 2. The molecule has 0 aliphatic carbocycles. The monoisotopic (exact) mass is 242 g/mol. The highest BCUT2D eigenvalue weighted by atomic mass is 19.3. The van der Waals surface area contributed by atoms with Crippen molar-refractivity contribution < 1.29 is 13.6 Å². The molecule has 1 aromatic rings. The second-order valence-corrected chi connectivity index (χ2v) is 3.65. The van der Waals surface area contributed by atoms with Gasteiger partial charge in [0, 0.05) is 19.3 Å². The summed E-state index contributed by atoms with van der Waals surface area (Å²) in [6.45, 7) is 2.02. The molecule has 0 aliphatic rings. The number of alkyl halides is 2. The maximum Gasteiger partial charge on any atom is 0.255 e.